The Morgan fingerprint density at radius 2 is 1.90 bits per heavy atom. The molecule has 1 saturated carbocycles. The van der Waals surface area contributed by atoms with E-state index in [9.17, 15) is 26.1 Å². The molecule has 2 heterocycles. The molecule has 0 bridgehead atoms. The molecular weight excluding hydrogens is 473 g/mol. The van der Waals surface area contributed by atoms with Crippen LogP contribution in [-0.2, 0) is 16.3 Å². The van der Waals surface area contributed by atoms with Crippen molar-refractivity contribution in [3.05, 3.63) is 52.1 Å². The van der Waals surface area contributed by atoms with Gasteiger partial charge in [0.1, 0.15) is 21.6 Å². The van der Waals surface area contributed by atoms with Gasteiger partial charge in [0.15, 0.2) is 0 Å². The van der Waals surface area contributed by atoms with Crippen molar-refractivity contribution in [3.63, 3.8) is 0 Å². The fourth-order valence-corrected chi connectivity index (χ4v) is 5.75. The van der Waals surface area contributed by atoms with Crippen LogP contribution < -0.4 is 4.90 Å². The van der Waals surface area contributed by atoms with Crippen molar-refractivity contribution in [2.75, 3.05) is 18.0 Å². The molecule has 0 unspecified atom stereocenters. The number of anilines is 1. The second-order valence-corrected chi connectivity index (χ2v) is 9.79. The fourth-order valence-electron chi connectivity index (χ4n) is 4.63. The molecular formula is C19H17BrF3N2O3S-. The summed E-state index contributed by atoms with van der Waals surface area (Å²) in [6.07, 6.45) is -2.96. The topological polar surface area (TPSA) is 73.3 Å². The lowest BCUT2D eigenvalue weighted by Gasteiger charge is -2.25. The van der Waals surface area contributed by atoms with E-state index in [1.165, 1.54) is 18.2 Å². The summed E-state index contributed by atoms with van der Waals surface area (Å²) in [5.74, 6) is 0.365. The van der Waals surface area contributed by atoms with E-state index in [-0.39, 0.29) is 28.5 Å². The fraction of sp³-hybridized carbons (Fsp3) is 0.421. The quantitative estimate of drug-likeness (QED) is 0.597. The van der Waals surface area contributed by atoms with Crippen LogP contribution in [0.2, 0.25) is 0 Å². The molecule has 2 aromatic rings. The number of rotatable bonds is 3. The van der Waals surface area contributed by atoms with E-state index in [1.807, 2.05) is 4.90 Å². The summed E-state index contributed by atoms with van der Waals surface area (Å²) in [6.45, 7) is 1.03. The molecule has 0 N–H and O–H groups in total. The SMILES string of the molecule is O=S(=O)([O-])c1ccc(Br)cc1[C@@H]1CC[C@@H]2CN(c3cccc(C(F)(F)F)n3)C[C@@H]21. The number of hydrogen-bond acceptors (Lipinski definition) is 5. The highest BCUT2D eigenvalue weighted by Gasteiger charge is 2.44. The average molecular weight is 490 g/mol. The predicted molar refractivity (Wildman–Crippen MR) is 103 cm³/mol. The maximum Gasteiger partial charge on any atom is 0.433 e. The minimum absolute atomic E-state index is 0.0427. The summed E-state index contributed by atoms with van der Waals surface area (Å²) in [5, 5.41) is 0. The molecule has 1 aromatic heterocycles. The van der Waals surface area contributed by atoms with Crippen LogP contribution in [0.25, 0.3) is 0 Å². The molecule has 2 fully saturated rings. The minimum atomic E-state index is -4.63. The van der Waals surface area contributed by atoms with Gasteiger partial charge in [0.2, 0.25) is 0 Å². The lowest BCUT2D eigenvalue weighted by atomic mass is 9.87. The van der Waals surface area contributed by atoms with E-state index in [1.54, 1.807) is 12.1 Å². The Hall–Kier alpha value is -1.65. The molecule has 10 heteroatoms. The summed E-state index contributed by atoms with van der Waals surface area (Å²) in [5.41, 5.74) is -0.448. The van der Waals surface area contributed by atoms with Gasteiger partial charge in [-0.3, -0.25) is 0 Å². The maximum absolute atomic E-state index is 13.0. The molecule has 1 saturated heterocycles. The third-order valence-corrected chi connectivity index (χ3v) is 7.25. The number of fused-ring (bicyclic) bond motifs is 1. The van der Waals surface area contributed by atoms with Crippen molar-refractivity contribution in [2.24, 2.45) is 11.8 Å². The van der Waals surface area contributed by atoms with Gasteiger partial charge in [0, 0.05) is 17.6 Å². The Bertz CT molecular complexity index is 1050. The molecule has 1 aliphatic carbocycles. The van der Waals surface area contributed by atoms with Crippen LogP contribution in [0, 0.1) is 11.8 Å². The third-order valence-electron chi connectivity index (χ3n) is 5.85. The van der Waals surface area contributed by atoms with Gasteiger partial charge in [0.05, 0.1) is 4.90 Å². The van der Waals surface area contributed by atoms with Crippen LogP contribution in [0.4, 0.5) is 19.0 Å². The largest absolute Gasteiger partial charge is 0.744 e. The van der Waals surface area contributed by atoms with Crippen LogP contribution in [0.5, 0.6) is 0 Å². The van der Waals surface area contributed by atoms with E-state index in [2.05, 4.69) is 20.9 Å². The van der Waals surface area contributed by atoms with E-state index >= 15 is 0 Å². The lowest BCUT2D eigenvalue weighted by molar-refractivity contribution is -0.141. The van der Waals surface area contributed by atoms with E-state index in [0.717, 1.165) is 18.9 Å². The predicted octanol–water partition coefficient (Wildman–Crippen LogP) is 4.40. The van der Waals surface area contributed by atoms with Crippen molar-refractivity contribution in [1.29, 1.82) is 0 Å². The van der Waals surface area contributed by atoms with Gasteiger partial charge in [-0.05, 0) is 66.5 Å². The number of halogens is 4. The highest BCUT2D eigenvalue weighted by Crippen LogP contribution is 2.50. The molecule has 2 aliphatic rings. The molecule has 4 rings (SSSR count). The van der Waals surface area contributed by atoms with Gasteiger partial charge >= 0.3 is 6.18 Å². The third kappa shape index (κ3) is 4.02. The first-order valence-corrected chi connectivity index (χ1v) is 11.3. The number of hydrogen-bond donors (Lipinski definition) is 0. The summed E-state index contributed by atoms with van der Waals surface area (Å²) >= 11 is 3.33. The maximum atomic E-state index is 13.0. The highest BCUT2D eigenvalue weighted by molar-refractivity contribution is 9.10. The Morgan fingerprint density at radius 3 is 2.59 bits per heavy atom. The summed E-state index contributed by atoms with van der Waals surface area (Å²) in [6, 6.07) is 8.34. The van der Waals surface area contributed by atoms with Crippen LogP contribution in [0.15, 0.2) is 45.8 Å². The first kappa shape index (κ1) is 20.6. The molecule has 0 spiro atoms. The number of nitrogens with zero attached hydrogens (tertiary/aromatic N) is 2. The molecule has 29 heavy (non-hydrogen) atoms. The first-order chi connectivity index (χ1) is 13.5. The smallest absolute Gasteiger partial charge is 0.433 e. The van der Waals surface area contributed by atoms with Crippen LogP contribution in [0.1, 0.15) is 30.0 Å². The lowest BCUT2D eigenvalue weighted by Crippen LogP contribution is -2.24. The normalized spacial score (nSPS) is 24.7. The van der Waals surface area contributed by atoms with Gasteiger partial charge in [-0.25, -0.2) is 13.4 Å². The standard InChI is InChI=1S/C19H18BrF3N2O3S/c20-12-5-7-16(29(26,27)28)14(8-12)13-6-4-11-9-25(10-15(11)13)18-3-1-2-17(24-18)19(21,22)23/h1-3,5,7-8,11,13,15H,4,6,9-10H2,(H,26,27,28)/p-1/t11-,13+,15+/m1/s1. The highest BCUT2D eigenvalue weighted by atomic mass is 79.9. The summed E-state index contributed by atoms with van der Waals surface area (Å²) in [4.78, 5) is 5.37. The van der Waals surface area contributed by atoms with Crippen molar-refractivity contribution in [2.45, 2.75) is 29.8 Å². The Labute approximate surface area is 174 Å². The number of alkyl halides is 3. The molecule has 156 valence electrons. The van der Waals surface area contributed by atoms with Crippen molar-refractivity contribution in [3.8, 4) is 0 Å². The number of benzene rings is 1. The van der Waals surface area contributed by atoms with E-state index in [4.69, 9.17) is 0 Å². The Morgan fingerprint density at radius 1 is 1.14 bits per heavy atom. The van der Waals surface area contributed by atoms with Crippen molar-refractivity contribution in [1.82, 2.24) is 4.98 Å². The number of aromatic nitrogens is 1. The molecule has 1 aromatic carbocycles. The van der Waals surface area contributed by atoms with E-state index < -0.39 is 22.0 Å². The van der Waals surface area contributed by atoms with Gasteiger partial charge in [0.25, 0.3) is 0 Å². The summed E-state index contributed by atoms with van der Waals surface area (Å²) in [7, 11) is -4.63. The minimum Gasteiger partial charge on any atom is -0.744 e. The molecule has 0 radical (unpaired) electrons. The van der Waals surface area contributed by atoms with Crippen LogP contribution in [0.3, 0.4) is 0 Å². The second kappa shape index (κ2) is 7.24. The zero-order valence-electron chi connectivity index (χ0n) is 15.1. The van der Waals surface area contributed by atoms with Crippen molar-refractivity contribution < 1.29 is 26.1 Å². The van der Waals surface area contributed by atoms with Crippen molar-refractivity contribution >= 4 is 31.9 Å². The monoisotopic (exact) mass is 489 g/mol. The summed E-state index contributed by atoms with van der Waals surface area (Å²) < 4.78 is 74.9. The molecule has 5 nitrogen and oxygen atoms in total. The van der Waals surface area contributed by atoms with E-state index in [0.29, 0.717) is 23.1 Å². The van der Waals surface area contributed by atoms with Gasteiger partial charge in [-0.1, -0.05) is 22.0 Å². The van der Waals surface area contributed by atoms with Gasteiger partial charge < -0.3 is 9.45 Å². The second-order valence-electron chi connectivity index (χ2n) is 7.53. The zero-order valence-corrected chi connectivity index (χ0v) is 17.5. The van der Waals surface area contributed by atoms with Gasteiger partial charge in [-0.15, -0.1) is 0 Å². The number of pyridine rings is 1. The Balaban J connectivity index is 1.63. The molecule has 1 aliphatic heterocycles. The average Bonchev–Trinajstić information content (AvgIpc) is 3.20. The van der Waals surface area contributed by atoms with Gasteiger partial charge in [-0.2, -0.15) is 13.2 Å². The zero-order chi connectivity index (χ0) is 21.0. The van der Waals surface area contributed by atoms with Crippen LogP contribution in [-0.4, -0.2) is 31.0 Å². The Kier molecular flexibility index (Phi) is 5.15. The molecule has 3 atom stereocenters. The first-order valence-electron chi connectivity index (χ1n) is 9.08. The van der Waals surface area contributed by atoms with Crippen LogP contribution >= 0.6 is 15.9 Å². The molecule has 0 amide bonds.